The molecule has 0 bridgehead atoms. The summed E-state index contributed by atoms with van der Waals surface area (Å²) in [6.45, 7) is 0.0465. The number of nitrogens with one attached hydrogen (secondary N) is 1. The minimum Gasteiger partial charge on any atom is -0.478 e. The van der Waals surface area contributed by atoms with Crippen LogP contribution < -0.4 is 5.32 Å². The van der Waals surface area contributed by atoms with Gasteiger partial charge in [0.2, 0.25) is 0 Å². The molecule has 3 N–H and O–H groups in total. The first-order chi connectivity index (χ1) is 7.97. The maximum Gasteiger partial charge on any atom is 0.340 e. The Morgan fingerprint density at radius 1 is 1.59 bits per heavy atom. The highest BCUT2D eigenvalue weighted by atomic mass is 79.9. The van der Waals surface area contributed by atoms with Crippen LogP contribution >= 0.6 is 27.5 Å². The lowest BCUT2D eigenvalue weighted by Crippen LogP contribution is -2.22. The van der Waals surface area contributed by atoms with Gasteiger partial charge in [0.15, 0.2) is 5.82 Å². The summed E-state index contributed by atoms with van der Waals surface area (Å²) in [6, 6.07) is 2.80. The van der Waals surface area contributed by atoms with E-state index in [2.05, 4.69) is 21.2 Å². The maximum absolute atomic E-state index is 13.6. The van der Waals surface area contributed by atoms with Gasteiger partial charge in [-0.05, 0) is 28.1 Å². The molecule has 0 aliphatic carbocycles. The number of carbonyl (C=O) groups is 1. The quantitative estimate of drug-likeness (QED) is 0.726. The highest BCUT2D eigenvalue weighted by molar-refractivity contribution is 9.10. The molecule has 0 amide bonds. The molecule has 17 heavy (non-hydrogen) atoms. The van der Waals surface area contributed by atoms with E-state index in [4.69, 9.17) is 16.7 Å². The second-order valence-electron chi connectivity index (χ2n) is 3.28. The summed E-state index contributed by atoms with van der Waals surface area (Å²) in [5, 5.41) is 20.8. The van der Waals surface area contributed by atoms with E-state index in [1.807, 2.05) is 0 Å². The van der Waals surface area contributed by atoms with Gasteiger partial charge in [0.1, 0.15) is 5.56 Å². The molecule has 0 aliphatic rings. The second kappa shape index (κ2) is 6.18. The summed E-state index contributed by atoms with van der Waals surface area (Å²) in [5.41, 5.74) is -0.372. The second-order valence-corrected chi connectivity index (χ2v) is 4.44. The number of rotatable bonds is 5. The van der Waals surface area contributed by atoms with Gasteiger partial charge in [0, 0.05) is 6.54 Å². The standard InChI is InChI=1S/C10H10BrClFNO3/c11-6-1-2-7(14-4-5(15)3-12)8(9(6)13)10(16)17/h1-2,5,14-15H,3-4H2,(H,16,17). The minimum atomic E-state index is -1.38. The van der Waals surface area contributed by atoms with Crippen molar-refractivity contribution in [3.8, 4) is 0 Å². The fourth-order valence-electron chi connectivity index (χ4n) is 1.19. The molecule has 7 heteroatoms. The van der Waals surface area contributed by atoms with Crippen molar-refractivity contribution < 1.29 is 19.4 Å². The maximum atomic E-state index is 13.6. The molecule has 1 aromatic rings. The number of halogens is 3. The smallest absolute Gasteiger partial charge is 0.340 e. The highest BCUT2D eigenvalue weighted by Gasteiger charge is 2.18. The lowest BCUT2D eigenvalue weighted by Gasteiger charge is -2.13. The van der Waals surface area contributed by atoms with Crippen molar-refractivity contribution in [3.63, 3.8) is 0 Å². The van der Waals surface area contributed by atoms with Crippen molar-refractivity contribution in [2.45, 2.75) is 6.10 Å². The Labute approximate surface area is 111 Å². The molecular formula is C10H10BrClFNO3. The number of alkyl halides is 1. The monoisotopic (exact) mass is 325 g/mol. The summed E-state index contributed by atoms with van der Waals surface area (Å²) in [5.74, 6) is -2.23. The topological polar surface area (TPSA) is 69.6 Å². The van der Waals surface area contributed by atoms with Crippen LogP contribution in [0.5, 0.6) is 0 Å². The molecule has 0 saturated heterocycles. The Balaban J connectivity index is 2.99. The van der Waals surface area contributed by atoms with E-state index < -0.39 is 23.5 Å². The fraction of sp³-hybridized carbons (Fsp3) is 0.300. The van der Waals surface area contributed by atoms with Crippen molar-refractivity contribution in [1.82, 2.24) is 0 Å². The van der Waals surface area contributed by atoms with Crippen LogP contribution in [0.2, 0.25) is 0 Å². The first kappa shape index (κ1) is 14.2. The van der Waals surface area contributed by atoms with Crippen molar-refractivity contribution in [2.24, 2.45) is 0 Å². The number of hydrogen-bond acceptors (Lipinski definition) is 3. The SMILES string of the molecule is O=C(O)c1c(NCC(O)CCl)ccc(Br)c1F. The molecule has 1 rings (SSSR count). The van der Waals surface area contributed by atoms with Crippen molar-refractivity contribution >= 4 is 39.2 Å². The van der Waals surface area contributed by atoms with Gasteiger partial charge in [-0.25, -0.2) is 9.18 Å². The van der Waals surface area contributed by atoms with Gasteiger partial charge >= 0.3 is 5.97 Å². The Hall–Kier alpha value is -0.850. The van der Waals surface area contributed by atoms with E-state index >= 15 is 0 Å². The van der Waals surface area contributed by atoms with Crippen LogP contribution in [0.3, 0.4) is 0 Å². The van der Waals surface area contributed by atoms with E-state index in [1.54, 1.807) is 0 Å². The zero-order chi connectivity index (χ0) is 13.0. The number of aliphatic hydroxyl groups excluding tert-OH is 1. The third-order valence-corrected chi connectivity index (χ3v) is 2.98. The van der Waals surface area contributed by atoms with Crippen LogP contribution in [0, 0.1) is 5.82 Å². The number of hydrogen-bond donors (Lipinski definition) is 3. The third-order valence-electron chi connectivity index (χ3n) is 2.01. The minimum absolute atomic E-state index is 0.00835. The zero-order valence-electron chi connectivity index (χ0n) is 8.58. The molecule has 0 heterocycles. The molecule has 1 aromatic carbocycles. The molecule has 0 radical (unpaired) electrons. The lowest BCUT2D eigenvalue weighted by atomic mass is 10.1. The molecule has 1 unspecified atom stereocenters. The van der Waals surface area contributed by atoms with Gasteiger partial charge in [-0.1, -0.05) is 0 Å². The Morgan fingerprint density at radius 2 is 2.24 bits per heavy atom. The summed E-state index contributed by atoms with van der Waals surface area (Å²) in [7, 11) is 0. The highest BCUT2D eigenvalue weighted by Crippen LogP contribution is 2.26. The largest absolute Gasteiger partial charge is 0.478 e. The summed E-state index contributed by atoms with van der Waals surface area (Å²) in [6.07, 6.45) is -0.829. The zero-order valence-corrected chi connectivity index (χ0v) is 10.9. The molecule has 4 nitrogen and oxygen atoms in total. The normalized spacial score (nSPS) is 12.2. The molecular weight excluding hydrogens is 316 g/mol. The summed E-state index contributed by atoms with van der Waals surface area (Å²) >= 11 is 8.29. The summed E-state index contributed by atoms with van der Waals surface area (Å²) in [4.78, 5) is 10.9. The van der Waals surface area contributed by atoms with Crippen molar-refractivity contribution in [3.05, 3.63) is 28.0 Å². The Kier molecular flexibility index (Phi) is 5.17. The predicted molar refractivity (Wildman–Crippen MR) is 66.3 cm³/mol. The number of aromatic carboxylic acids is 1. The molecule has 0 aromatic heterocycles. The van der Waals surface area contributed by atoms with Gasteiger partial charge in [-0.15, -0.1) is 11.6 Å². The first-order valence-electron chi connectivity index (χ1n) is 4.66. The van der Waals surface area contributed by atoms with Crippen LogP contribution in [-0.2, 0) is 0 Å². The predicted octanol–water partition coefficient (Wildman–Crippen LogP) is 2.30. The van der Waals surface area contributed by atoms with Crippen molar-refractivity contribution in [1.29, 1.82) is 0 Å². The average Bonchev–Trinajstić information content (AvgIpc) is 2.29. The van der Waals surface area contributed by atoms with Gasteiger partial charge in [-0.3, -0.25) is 0 Å². The van der Waals surface area contributed by atoms with Crippen LogP contribution in [0.25, 0.3) is 0 Å². The van der Waals surface area contributed by atoms with E-state index in [0.717, 1.165) is 0 Å². The Morgan fingerprint density at radius 3 is 2.76 bits per heavy atom. The molecule has 1 atom stereocenters. The van der Waals surface area contributed by atoms with Crippen LogP contribution in [-0.4, -0.2) is 34.7 Å². The number of carboxylic acid groups (broad SMARTS) is 1. The molecule has 0 saturated carbocycles. The van der Waals surface area contributed by atoms with E-state index in [0.29, 0.717) is 0 Å². The van der Waals surface area contributed by atoms with Gasteiger partial charge < -0.3 is 15.5 Å². The Bertz CT molecular complexity index is 430. The van der Waals surface area contributed by atoms with E-state index in [-0.39, 0.29) is 22.6 Å². The lowest BCUT2D eigenvalue weighted by molar-refractivity contribution is 0.0692. The van der Waals surface area contributed by atoms with Gasteiger partial charge in [-0.2, -0.15) is 0 Å². The van der Waals surface area contributed by atoms with Crippen LogP contribution in [0.1, 0.15) is 10.4 Å². The van der Waals surface area contributed by atoms with Crippen LogP contribution in [0.4, 0.5) is 10.1 Å². The molecule has 0 aliphatic heterocycles. The number of aliphatic hydroxyl groups is 1. The fourth-order valence-corrected chi connectivity index (χ4v) is 1.63. The van der Waals surface area contributed by atoms with Crippen LogP contribution in [0.15, 0.2) is 16.6 Å². The van der Waals surface area contributed by atoms with Gasteiger partial charge in [0.25, 0.3) is 0 Å². The molecule has 0 spiro atoms. The number of anilines is 1. The van der Waals surface area contributed by atoms with Crippen molar-refractivity contribution in [2.75, 3.05) is 17.7 Å². The first-order valence-corrected chi connectivity index (χ1v) is 5.99. The molecule has 94 valence electrons. The van der Waals surface area contributed by atoms with E-state index in [1.165, 1.54) is 12.1 Å². The van der Waals surface area contributed by atoms with E-state index in [9.17, 15) is 14.3 Å². The third kappa shape index (κ3) is 3.55. The number of benzene rings is 1. The van der Waals surface area contributed by atoms with Gasteiger partial charge in [0.05, 0.1) is 22.1 Å². The number of carboxylic acids is 1. The molecule has 0 fully saturated rings. The average molecular weight is 327 g/mol. The summed E-state index contributed by atoms with van der Waals surface area (Å²) < 4.78 is 13.6.